The fourth-order valence-corrected chi connectivity index (χ4v) is 5.29. The molecule has 1 aromatic rings. The van der Waals surface area contributed by atoms with Crippen molar-refractivity contribution < 1.29 is 8.42 Å². The number of hydrogen-bond donors (Lipinski definition) is 0. The van der Waals surface area contributed by atoms with Crippen LogP contribution in [0, 0.1) is 0 Å². The Morgan fingerprint density at radius 3 is 2.57 bits per heavy atom. The first-order valence-electron chi connectivity index (χ1n) is 8.95. The molecule has 2 aliphatic heterocycles. The molecule has 1 aromatic heterocycles. The molecule has 0 radical (unpaired) electrons. The molecule has 23 heavy (non-hydrogen) atoms. The first-order valence-corrected chi connectivity index (χ1v) is 10.4. The van der Waals surface area contributed by atoms with Gasteiger partial charge in [-0.25, -0.2) is 12.7 Å². The molecule has 130 valence electrons. The van der Waals surface area contributed by atoms with Crippen LogP contribution in [-0.2, 0) is 23.0 Å². The Morgan fingerprint density at radius 1 is 1.13 bits per heavy atom. The zero-order valence-corrected chi connectivity index (χ0v) is 15.1. The predicted molar refractivity (Wildman–Crippen MR) is 89.8 cm³/mol. The summed E-state index contributed by atoms with van der Waals surface area (Å²) in [5.41, 5.74) is 0. The SMILES string of the molecule is CC[C@@H](C)S(=O)(=O)N1CCC(c2nnc3n2CCCCC3)CC1. The molecular formula is C16H28N4O2S. The minimum atomic E-state index is -3.14. The Bertz CT molecular complexity index is 633. The van der Waals surface area contributed by atoms with E-state index in [1.807, 2.05) is 6.92 Å². The average molecular weight is 340 g/mol. The molecule has 0 aliphatic carbocycles. The number of nitrogens with zero attached hydrogens (tertiary/aromatic N) is 4. The largest absolute Gasteiger partial charge is 0.315 e. The second-order valence-electron chi connectivity index (χ2n) is 6.87. The zero-order chi connectivity index (χ0) is 16.4. The number of piperidine rings is 1. The maximum Gasteiger partial charge on any atom is 0.216 e. The van der Waals surface area contributed by atoms with Crippen LogP contribution in [0.1, 0.15) is 69.9 Å². The number of rotatable bonds is 4. The molecule has 6 nitrogen and oxygen atoms in total. The lowest BCUT2D eigenvalue weighted by molar-refractivity contribution is 0.305. The third kappa shape index (κ3) is 3.31. The van der Waals surface area contributed by atoms with Gasteiger partial charge in [0.2, 0.25) is 10.0 Å². The fourth-order valence-electron chi connectivity index (χ4n) is 3.64. The maximum atomic E-state index is 12.5. The monoisotopic (exact) mass is 340 g/mol. The lowest BCUT2D eigenvalue weighted by atomic mass is 9.97. The van der Waals surface area contributed by atoms with Gasteiger partial charge in [0.25, 0.3) is 0 Å². The van der Waals surface area contributed by atoms with Crippen molar-refractivity contribution in [2.45, 2.75) is 76.5 Å². The molecule has 0 spiro atoms. The summed E-state index contributed by atoms with van der Waals surface area (Å²) in [4.78, 5) is 0. The van der Waals surface area contributed by atoms with Crippen molar-refractivity contribution in [2.24, 2.45) is 0 Å². The van der Waals surface area contributed by atoms with E-state index in [0.717, 1.165) is 37.5 Å². The summed E-state index contributed by atoms with van der Waals surface area (Å²) in [6, 6.07) is 0. The number of hydrogen-bond acceptors (Lipinski definition) is 4. The molecule has 0 bridgehead atoms. The van der Waals surface area contributed by atoms with Crippen LogP contribution in [0.15, 0.2) is 0 Å². The van der Waals surface area contributed by atoms with Gasteiger partial charge in [-0.05, 0) is 39.0 Å². The second-order valence-corrected chi connectivity index (χ2v) is 9.22. The van der Waals surface area contributed by atoms with Gasteiger partial charge in [-0.3, -0.25) is 0 Å². The van der Waals surface area contributed by atoms with Crippen molar-refractivity contribution in [2.75, 3.05) is 13.1 Å². The van der Waals surface area contributed by atoms with Crippen LogP contribution in [0.5, 0.6) is 0 Å². The Labute approximate surface area is 139 Å². The van der Waals surface area contributed by atoms with Gasteiger partial charge in [0, 0.05) is 32.0 Å². The number of aromatic nitrogens is 3. The third-order valence-corrected chi connectivity index (χ3v) is 7.84. The number of sulfonamides is 1. The maximum absolute atomic E-state index is 12.5. The molecule has 7 heteroatoms. The lowest BCUT2D eigenvalue weighted by Gasteiger charge is -2.32. The van der Waals surface area contributed by atoms with Gasteiger partial charge in [-0.15, -0.1) is 10.2 Å². The molecule has 1 saturated heterocycles. The average Bonchev–Trinajstić information content (AvgIpc) is 2.82. The summed E-state index contributed by atoms with van der Waals surface area (Å²) in [5.74, 6) is 2.55. The van der Waals surface area contributed by atoms with Gasteiger partial charge in [-0.1, -0.05) is 13.3 Å². The second kappa shape index (κ2) is 6.89. The first kappa shape index (κ1) is 16.9. The highest BCUT2D eigenvalue weighted by molar-refractivity contribution is 7.89. The van der Waals surface area contributed by atoms with E-state index in [2.05, 4.69) is 14.8 Å². The minimum absolute atomic E-state index is 0.289. The van der Waals surface area contributed by atoms with Crippen LogP contribution >= 0.6 is 0 Å². The highest BCUT2D eigenvalue weighted by Crippen LogP contribution is 2.30. The van der Waals surface area contributed by atoms with Crippen molar-refractivity contribution in [1.29, 1.82) is 0 Å². The summed E-state index contributed by atoms with van der Waals surface area (Å²) >= 11 is 0. The fraction of sp³-hybridized carbons (Fsp3) is 0.875. The molecule has 3 heterocycles. The van der Waals surface area contributed by atoms with E-state index in [1.165, 1.54) is 19.3 Å². The van der Waals surface area contributed by atoms with E-state index >= 15 is 0 Å². The molecular weight excluding hydrogens is 312 g/mol. The Morgan fingerprint density at radius 2 is 1.87 bits per heavy atom. The molecule has 0 aromatic carbocycles. The van der Waals surface area contributed by atoms with Crippen molar-refractivity contribution in [1.82, 2.24) is 19.1 Å². The van der Waals surface area contributed by atoms with Gasteiger partial charge in [0.1, 0.15) is 11.6 Å². The quantitative estimate of drug-likeness (QED) is 0.843. The van der Waals surface area contributed by atoms with Gasteiger partial charge >= 0.3 is 0 Å². The van der Waals surface area contributed by atoms with Crippen molar-refractivity contribution in [3.63, 3.8) is 0 Å². The summed E-state index contributed by atoms with van der Waals surface area (Å²) < 4.78 is 28.9. The topological polar surface area (TPSA) is 68.1 Å². The molecule has 1 fully saturated rings. The minimum Gasteiger partial charge on any atom is -0.315 e. The van der Waals surface area contributed by atoms with Crippen LogP contribution in [0.25, 0.3) is 0 Å². The molecule has 1 atom stereocenters. The molecule has 0 N–H and O–H groups in total. The van der Waals surface area contributed by atoms with Crippen LogP contribution in [0.4, 0.5) is 0 Å². The van der Waals surface area contributed by atoms with Crippen molar-refractivity contribution in [3.05, 3.63) is 11.6 Å². The van der Waals surface area contributed by atoms with E-state index in [4.69, 9.17) is 0 Å². The van der Waals surface area contributed by atoms with Gasteiger partial charge in [-0.2, -0.15) is 0 Å². The zero-order valence-electron chi connectivity index (χ0n) is 14.2. The number of fused-ring (bicyclic) bond motifs is 1. The normalized spacial score (nSPS) is 22.5. The first-order chi connectivity index (χ1) is 11.0. The van der Waals surface area contributed by atoms with Gasteiger partial charge < -0.3 is 4.57 Å². The summed E-state index contributed by atoms with van der Waals surface area (Å²) in [6.07, 6.45) is 7.05. The molecule has 0 unspecified atom stereocenters. The van der Waals surface area contributed by atoms with Crippen molar-refractivity contribution in [3.8, 4) is 0 Å². The highest BCUT2D eigenvalue weighted by atomic mass is 32.2. The van der Waals surface area contributed by atoms with E-state index in [0.29, 0.717) is 25.4 Å². The van der Waals surface area contributed by atoms with E-state index in [9.17, 15) is 8.42 Å². The Hall–Kier alpha value is -0.950. The van der Waals surface area contributed by atoms with Crippen molar-refractivity contribution >= 4 is 10.0 Å². The molecule has 3 rings (SSSR count). The predicted octanol–water partition coefficient (Wildman–Crippen LogP) is 2.31. The van der Waals surface area contributed by atoms with E-state index in [1.54, 1.807) is 11.2 Å². The number of aryl methyl sites for hydroxylation is 1. The highest BCUT2D eigenvalue weighted by Gasteiger charge is 2.33. The molecule has 0 saturated carbocycles. The van der Waals surface area contributed by atoms with Crippen LogP contribution in [-0.4, -0.2) is 45.8 Å². The molecule has 0 amide bonds. The lowest BCUT2D eigenvalue weighted by Crippen LogP contribution is -2.42. The van der Waals surface area contributed by atoms with E-state index < -0.39 is 10.0 Å². The third-order valence-electron chi connectivity index (χ3n) is 5.40. The van der Waals surface area contributed by atoms with Crippen LogP contribution in [0.3, 0.4) is 0 Å². The molecule has 2 aliphatic rings. The summed E-state index contributed by atoms with van der Waals surface area (Å²) in [6.45, 7) is 5.97. The van der Waals surface area contributed by atoms with Gasteiger partial charge in [0.05, 0.1) is 5.25 Å². The Kier molecular flexibility index (Phi) is 5.06. The van der Waals surface area contributed by atoms with Crippen LogP contribution in [0.2, 0.25) is 0 Å². The van der Waals surface area contributed by atoms with Crippen LogP contribution < -0.4 is 0 Å². The smallest absolute Gasteiger partial charge is 0.216 e. The standard InChI is InChI=1S/C16H28N4O2S/c1-3-13(2)23(21,22)19-11-8-14(9-12-19)16-18-17-15-7-5-4-6-10-20(15)16/h13-14H,3-12H2,1-2H3/t13-/m1/s1. The Balaban J connectivity index is 1.69. The van der Waals surface area contributed by atoms with E-state index in [-0.39, 0.29) is 5.25 Å². The summed E-state index contributed by atoms with van der Waals surface area (Å²) in [5, 5.41) is 8.54. The van der Waals surface area contributed by atoms with Gasteiger partial charge in [0.15, 0.2) is 0 Å². The summed E-state index contributed by atoms with van der Waals surface area (Å²) in [7, 11) is -3.14.